The van der Waals surface area contributed by atoms with Crippen molar-refractivity contribution in [1.82, 2.24) is 25.2 Å². The molecule has 222 valence electrons. The summed E-state index contributed by atoms with van der Waals surface area (Å²) in [6, 6.07) is 9.21. The van der Waals surface area contributed by atoms with Crippen LogP contribution in [0, 0.1) is 10.8 Å². The number of hydrogen-bond acceptors (Lipinski definition) is 6. The second-order valence-corrected chi connectivity index (χ2v) is 21.0. The second-order valence-electron chi connectivity index (χ2n) is 13.8. The number of Topliss-reactive ketones (excluding diaryl/α,β-unsaturated/α-hetero) is 1. The van der Waals surface area contributed by atoms with Crippen LogP contribution in [0.4, 0.5) is 0 Å². The number of carbonyl (C=O) groups excluding carboxylic acids is 2. The van der Waals surface area contributed by atoms with E-state index in [-0.39, 0.29) is 17.1 Å². The highest BCUT2D eigenvalue weighted by molar-refractivity contribution is 14.1. The van der Waals surface area contributed by atoms with Crippen molar-refractivity contribution in [3.8, 4) is 11.3 Å². The van der Waals surface area contributed by atoms with Gasteiger partial charge in [0.15, 0.2) is 11.4 Å². The van der Waals surface area contributed by atoms with Gasteiger partial charge in [0.2, 0.25) is 5.91 Å². The molecule has 0 aliphatic carbocycles. The van der Waals surface area contributed by atoms with E-state index in [0.717, 1.165) is 36.7 Å². The second kappa shape index (κ2) is 11.9. The average molecular weight is 690 g/mol. The minimum Gasteiger partial charge on any atom is -0.361 e. The summed E-state index contributed by atoms with van der Waals surface area (Å²) in [5.74, 6) is -0.0555. The molecular formula is C31H44IN5O3Si. The lowest BCUT2D eigenvalue weighted by Crippen LogP contribution is -2.52. The van der Waals surface area contributed by atoms with Gasteiger partial charge in [-0.05, 0) is 53.2 Å². The minimum atomic E-state index is -1.22. The van der Waals surface area contributed by atoms with Crippen LogP contribution < -0.4 is 10.6 Å². The van der Waals surface area contributed by atoms with Crippen molar-refractivity contribution in [3.05, 3.63) is 47.8 Å². The van der Waals surface area contributed by atoms with E-state index in [1.165, 1.54) is 0 Å². The topological polar surface area (TPSA) is 98.1 Å². The van der Waals surface area contributed by atoms with Crippen molar-refractivity contribution < 1.29 is 14.3 Å². The summed E-state index contributed by atoms with van der Waals surface area (Å²) in [6.07, 6.45) is 4.54. The van der Waals surface area contributed by atoms with Crippen LogP contribution in [-0.2, 0) is 19.8 Å². The zero-order valence-electron chi connectivity index (χ0n) is 25.7. The van der Waals surface area contributed by atoms with Gasteiger partial charge in [0.1, 0.15) is 15.8 Å². The van der Waals surface area contributed by atoms with E-state index < -0.39 is 17.0 Å². The Kier molecular flexibility index (Phi) is 9.18. The number of amides is 1. The number of benzene rings is 1. The standard InChI is InChI=1S/C31H44IN5O3Si/c1-21(38)36-31(32,30(5)12-13-33-19-30)23-11-9-10-22(16-23)25-17-34-28-26(35-25)24(27(39)29(2,3)4)18-37(28)20-40-14-15-41(6,7)8/h9-11,16-18,33H,12-15,19-20H2,1-8H3,(H,36,38). The Morgan fingerprint density at radius 1 is 1.24 bits per heavy atom. The van der Waals surface area contributed by atoms with Crippen LogP contribution >= 0.6 is 22.6 Å². The van der Waals surface area contributed by atoms with Crippen molar-refractivity contribution in [2.75, 3.05) is 19.7 Å². The van der Waals surface area contributed by atoms with E-state index in [0.29, 0.717) is 35.8 Å². The fourth-order valence-electron chi connectivity index (χ4n) is 5.22. The molecule has 0 bridgehead atoms. The van der Waals surface area contributed by atoms with Gasteiger partial charge in [0.25, 0.3) is 0 Å². The molecule has 41 heavy (non-hydrogen) atoms. The molecule has 4 rings (SSSR count). The van der Waals surface area contributed by atoms with Gasteiger partial charge in [0, 0.05) is 50.7 Å². The number of aromatic nitrogens is 3. The number of carbonyl (C=O) groups is 2. The van der Waals surface area contributed by atoms with E-state index in [2.05, 4.69) is 71.9 Å². The molecule has 2 N–H and O–H groups in total. The van der Waals surface area contributed by atoms with Crippen molar-refractivity contribution >= 4 is 53.5 Å². The van der Waals surface area contributed by atoms with Crippen molar-refractivity contribution in [2.24, 2.45) is 10.8 Å². The lowest BCUT2D eigenvalue weighted by atomic mass is 9.77. The van der Waals surface area contributed by atoms with Crippen LogP contribution in [0.3, 0.4) is 0 Å². The predicted molar refractivity (Wildman–Crippen MR) is 176 cm³/mol. The molecular weight excluding hydrogens is 645 g/mol. The normalized spacial score (nSPS) is 19.3. The quantitative estimate of drug-likeness (QED) is 0.0642. The van der Waals surface area contributed by atoms with Gasteiger partial charge >= 0.3 is 0 Å². The highest BCUT2D eigenvalue weighted by atomic mass is 127. The van der Waals surface area contributed by atoms with Gasteiger partial charge in [0.05, 0.1) is 17.5 Å². The lowest BCUT2D eigenvalue weighted by molar-refractivity contribution is -0.120. The fourth-order valence-corrected chi connectivity index (χ4v) is 7.15. The molecule has 1 fully saturated rings. The van der Waals surface area contributed by atoms with Crippen molar-refractivity contribution in [1.29, 1.82) is 0 Å². The monoisotopic (exact) mass is 689 g/mol. The maximum atomic E-state index is 13.5. The van der Waals surface area contributed by atoms with Crippen molar-refractivity contribution in [2.45, 2.75) is 77.0 Å². The molecule has 10 heteroatoms. The molecule has 1 aliphatic heterocycles. The van der Waals surface area contributed by atoms with Gasteiger partial charge in [-0.15, -0.1) is 0 Å². The van der Waals surface area contributed by atoms with Crippen LogP contribution in [0.1, 0.15) is 57.0 Å². The molecule has 1 saturated heterocycles. The summed E-state index contributed by atoms with van der Waals surface area (Å²) in [5.41, 5.74) is 3.58. The summed E-state index contributed by atoms with van der Waals surface area (Å²) in [4.78, 5) is 35.7. The van der Waals surface area contributed by atoms with Gasteiger partial charge in [-0.1, -0.05) is 65.5 Å². The van der Waals surface area contributed by atoms with Crippen LogP contribution in [0.15, 0.2) is 36.7 Å². The third-order valence-corrected chi connectivity index (χ3v) is 11.7. The summed E-state index contributed by atoms with van der Waals surface area (Å²) >= 11 is 2.40. The van der Waals surface area contributed by atoms with E-state index in [1.54, 1.807) is 13.1 Å². The van der Waals surface area contributed by atoms with E-state index in [4.69, 9.17) is 14.7 Å². The van der Waals surface area contributed by atoms with Gasteiger partial charge in [-0.2, -0.15) is 0 Å². The van der Waals surface area contributed by atoms with Gasteiger partial charge in [-0.25, -0.2) is 9.97 Å². The van der Waals surface area contributed by atoms with Crippen LogP contribution in [0.2, 0.25) is 25.7 Å². The third kappa shape index (κ3) is 6.92. The minimum absolute atomic E-state index is 0.0159. The molecule has 2 unspecified atom stereocenters. The Hall–Kier alpha value is -2.15. The van der Waals surface area contributed by atoms with E-state index >= 15 is 0 Å². The van der Waals surface area contributed by atoms with Crippen molar-refractivity contribution in [3.63, 3.8) is 0 Å². The zero-order valence-corrected chi connectivity index (χ0v) is 28.8. The first kappa shape index (κ1) is 31.8. The maximum absolute atomic E-state index is 13.5. The number of halogens is 1. The Balaban J connectivity index is 1.76. The van der Waals surface area contributed by atoms with Crippen LogP contribution in [-0.4, -0.2) is 54.0 Å². The average Bonchev–Trinajstić information content (AvgIpc) is 3.49. The molecule has 3 aromatic rings. The highest BCUT2D eigenvalue weighted by Crippen LogP contribution is 2.49. The molecule has 1 aliphatic rings. The summed E-state index contributed by atoms with van der Waals surface area (Å²) in [7, 11) is -1.22. The molecule has 1 aromatic carbocycles. The van der Waals surface area contributed by atoms with Crippen LogP contribution in [0.5, 0.6) is 0 Å². The fraction of sp³-hybridized carbons (Fsp3) is 0.548. The van der Waals surface area contributed by atoms with E-state index in [9.17, 15) is 9.59 Å². The first-order chi connectivity index (χ1) is 19.0. The molecule has 0 saturated carbocycles. The lowest BCUT2D eigenvalue weighted by Gasteiger charge is -2.43. The Morgan fingerprint density at radius 2 is 1.98 bits per heavy atom. The number of hydrogen-bond donors (Lipinski definition) is 2. The van der Waals surface area contributed by atoms with E-state index in [1.807, 2.05) is 43.7 Å². The number of alkyl halides is 1. The maximum Gasteiger partial charge on any atom is 0.218 e. The third-order valence-electron chi connectivity index (χ3n) is 7.82. The molecule has 0 radical (unpaired) electrons. The largest absolute Gasteiger partial charge is 0.361 e. The zero-order chi connectivity index (χ0) is 30.2. The Labute approximate surface area is 258 Å². The SMILES string of the molecule is CC(=O)NC(I)(c1cccc(-c2cnc3c(n2)c(C(=O)C(C)(C)C)cn3COCC[Si](C)(C)C)c1)C1(C)CCNC1. The molecule has 1 amide bonds. The highest BCUT2D eigenvalue weighted by Gasteiger charge is 2.50. The molecule has 2 aromatic heterocycles. The first-order valence-corrected chi connectivity index (χ1v) is 19.1. The summed E-state index contributed by atoms with van der Waals surface area (Å²) < 4.78 is 7.30. The smallest absolute Gasteiger partial charge is 0.218 e. The number of ether oxygens (including phenoxy) is 1. The number of nitrogens with zero attached hydrogens (tertiary/aromatic N) is 3. The Morgan fingerprint density at radius 3 is 2.59 bits per heavy atom. The Bertz CT molecular complexity index is 1440. The van der Waals surface area contributed by atoms with Crippen LogP contribution in [0.25, 0.3) is 22.4 Å². The van der Waals surface area contributed by atoms with Gasteiger partial charge < -0.3 is 19.9 Å². The summed E-state index contributed by atoms with van der Waals surface area (Å²) in [6.45, 7) is 19.2. The number of ketones is 1. The molecule has 0 spiro atoms. The number of fused-ring (bicyclic) bond motifs is 1. The predicted octanol–water partition coefficient (Wildman–Crippen LogP) is 6.36. The number of nitrogens with one attached hydrogen (secondary N) is 2. The first-order valence-electron chi connectivity index (χ1n) is 14.3. The molecule has 8 nitrogen and oxygen atoms in total. The molecule has 2 atom stereocenters. The summed E-state index contributed by atoms with van der Waals surface area (Å²) in [5, 5.41) is 6.72. The van der Waals surface area contributed by atoms with Gasteiger partial charge in [-0.3, -0.25) is 9.59 Å². The number of rotatable bonds is 10. The molecule has 3 heterocycles.